The second-order valence-corrected chi connectivity index (χ2v) is 6.54. The summed E-state index contributed by atoms with van der Waals surface area (Å²) in [6.45, 7) is 2.29. The topological polar surface area (TPSA) is 21.3 Å². The molecule has 0 radical (unpaired) electrons. The maximum atomic E-state index is 5.87. The number of nitrogens with one attached hydrogen (secondary N) is 1. The zero-order valence-electron chi connectivity index (χ0n) is 11.6. The molecule has 1 aliphatic heterocycles. The first-order valence-corrected chi connectivity index (χ1v) is 8.07. The average Bonchev–Trinajstić information content (AvgIpc) is 2.86. The van der Waals surface area contributed by atoms with Crippen molar-refractivity contribution in [1.82, 2.24) is 0 Å². The lowest BCUT2D eigenvalue weighted by Gasteiger charge is -2.18. The summed E-state index contributed by atoms with van der Waals surface area (Å²) in [5.41, 5.74) is 1.14. The quantitative estimate of drug-likeness (QED) is 0.873. The Morgan fingerprint density at radius 2 is 1.85 bits per heavy atom. The van der Waals surface area contributed by atoms with E-state index in [0.717, 1.165) is 17.2 Å². The molecule has 2 aromatic carbocycles. The van der Waals surface area contributed by atoms with E-state index in [1.54, 1.807) is 0 Å². The fourth-order valence-electron chi connectivity index (χ4n) is 2.41. The molecular weight excluding hydrogens is 266 g/mol. The molecule has 2 aromatic rings. The van der Waals surface area contributed by atoms with Crippen molar-refractivity contribution in [1.29, 1.82) is 0 Å². The van der Waals surface area contributed by atoms with Crippen LogP contribution in [0.1, 0.15) is 13.3 Å². The third kappa shape index (κ3) is 3.28. The Labute approximate surface area is 124 Å². The van der Waals surface area contributed by atoms with E-state index in [9.17, 15) is 0 Å². The van der Waals surface area contributed by atoms with Crippen LogP contribution in [0.3, 0.4) is 0 Å². The van der Waals surface area contributed by atoms with Crippen LogP contribution in [0.2, 0.25) is 0 Å². The number of hydrogen-bond acceptors (Lipinski definition) is 3. The van der Waals surface area contributed by atoms with Gasteiger partial charge in [-0.3, -0.25) is 0 Å². The van der Waals surface area contributed by atoms with Gasteiger partial charge in [0, 0.05) is 23.0 Å². The molecule has 1 heterocycles. The number of ether oxygens (including phenoxy) is 1. The summed E-state index contributed by atoms with van der Waals surface area (Å²) < 4.78 is 5.87. The Bertz CT molecular complexity index is 558. The lowest BCUT2D eigenvalue weighted by atomic mass is 10.1. The van der Waals surface area contributed by atoms with Crippen molar-refractivity contribution in [3.05, 3.63) is 54.6 Å². The molecule has 0 bridgehead atoms. The molecule has 1 aliphatic rings. The van der Waals surface area contributed by atoms with Crippen LogP contribution in [0, 0.1) is 0 Å². The van der Waals surface area contributed by atoms with Crippen LogP contribution in [0.15, 0.2) is 54.6 Å². The van der Waals surface area contributed by atoms with Crippen molar-refractivity contribution < 1.29 is 4.74 Å². The molecule has 0 spiro atoms. The molecule has 0 aliphatic carbocycles. The maximum absolute atomic E-state index is 5.87. The average molecular weight is 285 g/mol. The van der Waals surface area contributed by atoms with Crippen molar-refractivity contribution in [3.8, 4) is 11.5 Å². The Hall–Kier alpha value is -1.61. The third-order valence-electron chi connectivity index (χ3n) is 3.54. The number of thioether (sulfide) groups is 1. The molecule has 2 nitrogen and oxygen atoms in total. The fraction of sp³-hybridized carbons (Fsp3) is 0.294. The van der Waals surface area contributed by atoms with Crippen molar-refractivity contribution in [2.24, 2.45) is 0 Å². The van der Waals surface area contributed by atoms with Crippen LogP contribution < -0.4 is 10.1 Å². The van der Waals surface area contributed by atoms with Crippen LogP contribution in [0.4, 0.5) is 5.69 Å². The highest BCUT2D eigenvalue weighted by Gasteiger charge is 2.23. The van der Waals surface area contributed by atoms with E-state index in [-0.39, 0.29) is 0 Å². The number of rotatable bonds is 4. The van der Waals surface area contributed by atoms with Crippen LogP contribution in [0.25, 0.3) is 0 Å². The van der Waals surface area contributed by atoms with Crippen molar-refractivity contribution in [3.63, 3.8) is 0 Å². The van der Waals surface area contributed by atoms with Gasteiger partial charge in [0.1, 0.15) is 11.5 Å². The van der Waals surface area contributed by atoms with Crippen LogP contribution >= 0.6 is 11.8 Å². The SMILES string of the molecule is CC1SCCC1Nc1cccc(Oc2ccccc2)c1. The van der Waals surface area contributed by atoms with Gasteiger partial charge in [-0.2, -0.15) is 11.8 Å². The smallest absolute Gasteiger partial charge is 0.129 e. The molecular formula is C17H19NOS. The van der Waals surface area contributed by atoms with E-state index in [0.29, 0.717) is 11.3 Å². The number of benzene rings is 2. The summed E-state index contributed by atoms with van der Waals surface area (Å²) in [7, 11) is 0. The Kier molecular flexibility index (Phi) is 4.16. The first-order valence-electron chi connectivity index (χ1n) is 7.02. The highest BCUT2D eigenvalue weighted by Crippen LogP contribution is 2.30. The van der Waals surface area contributed by atoms with Crippen LogP contribution in [0.5, 0.6) is 11.5 Å². The van der Waals surface area contributed by atoms with Gasteiger partial charge in [-0.25, -0.2) is 0 Å². The second kappa shape index (κ2) is 6.23. The lowest BCUT2D eigenvalue weighted by molar-refractivity contribution is 0.483. The number of hydrogen-bond donors (Lipinski definition) is 1. The normalized spacial score (nSPS) is 21.6. The monoisotopic (exact) mass is 285 g/mol. The number of para-hydroxylation sites is 1. The zero-order valence-corrected chi connectivity index (χ0v) is 12.4. The maximum Gasteiger partial charge on any atom is 0.129 e. The molecule has 3 rings (SSSR count). The first kappa shape index (κ1) is 13.4. The molecule has 2 unspecified atom stereocenters. The van der Waals surface area contributed by atoms with Gasteiger partial charge in [-0.05, 0) is 36.4 Å². The summed E-state index contributed by atoms with van der Waals surface area (Å²) >= 11 is 2.04. The molecule has 1 saturated heterocycles. The summed E-state index contributed by atoms with van der Waals surface area (Å²) in [4.78, 5) is 0. The first-order chi connectivity index (χ1) is 9.81. The van der Waals surface area contributed by atoms with E-state index in [1.165, 1.54) is 12.2 Å². The molecule has 104 valence electrons. The molecule has 1 N–H and O–H groups in total. The van der Waals surface area contributed by atoms with Crippen molar-refractivity contribution in [2.75, 3.05) is 11.1 Å². The summed E-state index contributed by atoms with van der Waals surface area (Å²) in [6, 6.07) is 18.7. The number of anilines is 1. The van der Waals surface area contributed by atoms with E-state index in [2.05, 4.69) is 24.4 Å². The Morgan fingerprint density at radius 1 is 1.05 bits per heavy atom. The van der Waals surface area contributed by atoms with E-state index in [4.69, 9.17) is 4.74 Å². The predicted molar refractivity (Wildman–Crippen MR) is 86.9 cm³/mol. The Balaban J connectivity index is 1.69. The molecule has 0 saturated carbocycles. The summed E-state index contributed by atoms with van der Waals surface area (Å²) in [6.07, 6.45) is 1.23. The van der Waals surface area contributed by atoms with E-state index in [1.807, 2.05) is 54.2 Å². The Morgan fingerprint density at radius 3 is 2.60 bits per heavy atom. The van der Waals surface area contributed by atoms with Gasteiger partial charge in [-0.15, -0.1) is 0 Å². The molecule has 0 aromatic heterocycles. The second-order valence-electron chi connectivity index (χ2n) is 5.06. The summed E-state index contributed by atoms with van der Waals surface area (Å²) in [5.74, 6) is 2.99. The minimum Gasteiger partial charge on any atom is -0.457 e. The minimum atomic E-state index is 0.562. The third-order valence-corrected chi connectivity index (χ3v) is 4.87. The van der Waals surface area contributed by atoms with Gasteiger partial charge in [-0.1, -0.05) is 31.2 Å². The largest absolute Gasteiger partial charge is 0.457 e. The zero-order chi connectivity index (χ0) is 13.8. The highest BCUT2D eigenvalue weighted by atomic mass is 32.2. The van der Waals surface area contributed by atoms with Gasteiger partial charge in [0.25, 0.3) is 0 Å². The van der Waals surface area contributed by atoms with Crippen molar-refractivity contribution >= 4 is 17.4 Å². The molecule has 2 atom stereocenters. The van der Waals surface area contributed by atoms with Gasteiger partial charge < -0.3 is 10.1 Å². The van der Waals surface area contributed by atoms with Crippen molar-refractivity contribution in [2.45, 2.75) is 24.6 Å². The van der Waals surface area contributed by atoms with E-state index >= 15 is 0 Å². The van der Waals surface area contributed by atoms with Crippen LogP contribution in [-0.4, -0.2) is 17.0 Å². The molecule has 0 amide bonds. The molecule has 20 heavy (non-hydrogen) atoms. The van der Waals surface area contributed by atoms with Gasteiger partial charge in [0.15, 0.2) is 0 Å². The van der Waals surface area contributed by atoms with Gasteiger partial charge >= 0.3 is 0 Å². The highest BCUT2D eigenvalue weighted by molar-refractivity contribution is 8.00. The molecule has 1 fully saturated rings. The fourth-order valence-corrected chi connectivity index (χ4v) is 3.61. The van der Waals surface area contributed by atoms with Crippen LogP contribution in [-0.2, 0) is 0 Å². The van der Waals surface area contributed by atoms with Gasteiger partial charge in [0.05, 0.1) is 0 Å². The summed E-state index contributed by atoms with van der Waals surface area (Å²) in [5, 5.41) is 4.29. The predicted octanol–water partition coefficient (Wildman–Crippen LogP) is 4.78. The minimum absolute atomic E-state index is 0.562. The van der Waals surface area contributed by atoms with Gasteiger partial charge in [0.2, 0.25) is 0 Å². The standard InChI is InChI=1S/C17H19NOS/c1-13-17(10-11-20-13)18-14-6-5-9-16(12-14)19-15-7-3-2-4-8-15/h2-9,12-13,17-18H,10-11H2,1H3. The molecule has 3 heteroatoms. The van der Waals surface area contributed by atoms with E-state index < -0.39 is 0 Å². The lowest BCUT2D eigenvalue weighted by Crippen LogP contribution is -2.24.